The molecule has 3 rings (SSSR count). The van der Waals surface area contributed by atoms with E-state index in [1.165, 1.54) is 5.56 Å². The second kappa shape index (κ2) is 6.77. The van der Waals surface area contributed by atoms with Crippen LogP contribution in [0.25, 0.3) is 11.0 Å². The molecule has 114 valence electrons. The van der Waals surface area contributed by atoms with Crippen molar-refractivity contribution in [2.45, 2.75) is 26.0 Å². The summed E-state index contributed by atoms with van der Waals surface area (Å²) in [7, 11) is 0. The molecule has 0 spiro atoms. The summed E-state index contributed by atoms with van der Waals surface area (Å²) in [5, 5.41) is 13.6. The predicted octanol–water partition coefficient (Wildman–Crippen LogP) is 3.49. The van der Waals surface area contributed by atoms with E-state index in [9.17, 15) is 5.11 Å². The van der Waals surface area contributed by atoms with Crippen molar-refractivity contribution in [3.8, 4) is 0 Å². The summed E-state index contributed by atoms with van der Waals surface area (Å²) < 4.78 is 5.96. The van der Waals surface area contributed by atoms with E-state index in [0.717, 1.165) is 35.3 Å². The first-order valence-corrected chi connectivity index (χ1v) is 7.65. The fourth-order valence-corrected chi connectivity index (χ4v) is 2.55. The van der Waals surface area contributed by atoms with Gasteiger partial charge >= 0.3 is 0 Å². The molecule has 0 saturated heterocycles. The van der Waals surface area contributed by atoms with E-state index in [4.69, 9.17) is 4.42 Å². The topological polar surface area (TPSA) is 45.4 Å². The van der Waals surface area contributed by atoms with Crippen LogP contribution in [0.15, 0.2) is 59.0 Å². The van der Waals surface area contributed by atoms with Gasteiger partial charge in [0.25, 0.3) is 0 Å². The normalized spacial score (nSPS) is 12.6. The van der Waals surface area contributed by atoms with Crippen LogP contribution in [0.3, 0.4) is 0 Å². The average molecular weight is 295 g/mol. The molecule has 1 atom stereocenters. The zero-order valence-corrected chi connectivity index (χ0v) is 12.8. The van der Waals surface area contributed by atoms with Crippen molar-refractivity contribution in [1.29, 1.82) is 0 Å². The fourth-order valence-electron chi connectivity index (χ4n) is 2.55. The average Bonchev–Trinajstić information content (AvgIpc) is 2.89. The predicted molar refractivity (Wildman–Crippen MR) is 88.8 cm³/mol. The van der Waals surface area contributed by atoms with Crippen molar-refractivity contribution < 1.29 is 9.52 Å². The van der Waals surface area contributed by atoms with Crippen molar-refractivity contribution in [3.05, 3.63) is 71.5 Å². The zero-order chi connectivity index (χ0) is 15.4. The van der Waals surface area contributed by atoms with Crippen molar-refractivity contribution >= 4 is 11.0 Å². The molecular formula is C19H21NO2. The minimum Gasteiger partial charge on any atom is -0.461 e. The Hall–Kier alpha value is -2.10. The van der Waals surface area contributed by atoms with E-state index >= 15 is 0 Å². The standard InChI is InChI=1S/C19H21NO2/c1-14(21)12-20-13-16-7-8-17-11-18(22-19(17)10-16)9-15-5-3-2-4-6-15/h2-8,10-11,14,20-21H,9,12-13H2,1H3. The lowest BCUT2D eigenvalue weighted by molar-refractivity contribution is 0.191. The second-order valence-electron chi connectivity index (χ2n) is 5.73. The van der Waals surface area contributed by atoms with Crippen LogP contribution in [0.4, 0.5) is 0 Å². The van der Waals surface area contributed by atoms with Crippen LogP contribution < -0.4 is 5.32 Å². The molecule has 2 N–H and O–H groups in total. The van der Waals surface area contributed by atoms with E-state index < -0.39 is 0 Å². The van der Waals surface area contributed by atoms with Gasteiger partial charge in [-0.2, -0.15) is 0 Å². The third-order valence-corrected chi connectivity index (χ3v) is 3.63. The molecule has 2 aromatic carbocycles. The largest absolute Gasteiger partial charge is 0.461 e. The number of nitrogens with one attached hydrogen (secondary N) is 1. The van der Waals surface area contributed by atoms with Gasteiger partial charge in [-0.15, -0.1) is 0 Å². The summed E-state index contributed by atoms with van der Waals surface area (Å²) in [6.07, 6.45) is 0.482. The lowest BCUT2D eigenvalue weighted by Gasteiger charge is -2.06. The van der Waals surface area contributed by atoms with E-state index in [2.05, 4.69) is 41.7 Å². The lowest BCUT2D eigenvalue weighted by atomic mass is 10.1. The summed E-state index contributed by atoms with van der Waals surface area (Å²) in [5.41, 5.74) is 3.33. The van der Waals surface area contributed by atoms with Crippen LogP contribution in [0.1, 0.15) is 23.8 Å². The summed E-state index contributed by atoms with van der Waals surface area (Å²) >= 11 is 0. The van der Waals surface area contributed by atoms with Gasteiger partial charge in [-0.25, -0.2) is 0 Å². The Kier molecular flexibility index (Phi) is 4.56. The monoisotopic (exact) mass is 295 g/mol. The Bertz CT molecular complexity index is 732. The first-order chi connectivity index (χ1) is 10.7. The van der Waals surface area contributed by atoms with Crippen molar-refractivity contribution in [2.24, 2.45) is 0 Å². The van der Waals surface area contributed by atoms with Gasteiger partial charge in [-0.3, -0.25) is 0 Å². The molecule has 22 heavy (non-hydrogen) atoms. The van der Waals surface area contributed by atoms with Crippen molar-refractivity contribution in [2.75, 3.05) is 6.54 Å². The highest BCUT2D eigenvalue weighted by Gasteiger charge is 2.06. The number of fused-ring (bicyclic) bond motifs is 1. The number of furan rings is 1. The highest BCUT2D eigenvalue weighted by atomic mass is 16.3. The summed E-state index contributed by atoms with van der Waals surface area (Å²) in [5.74, 6) is 0.982. The maximum atomic E-state index is 9.26. The number of hydrogen-bond donors (Lipinski definition) is 2. The Morgan fingerprint density at radius 3 is 2.64 bits per heavy atom. The first kappa shape index (κ1) is 14.8. The molecule has 0 aliphatic heterocycles. The van der Waals surface area contributed by atoms with Gasteiger partial charge in [0.05, 0.1) is 6.10 Å². The lowest BCUT2D eigenvalue weighted by Crippen LogP contribution is -2.23. The van der Waals surface area contributed by atoms with Crippen LogP contribution in [-0.2, 0) is 13.0 Å². The Balaban J connectivity index is 1.72. The van der Waals surface area contributed by atoms with Gasteiger partial charge in [0.2, 0.25) is 0 Å². The fraction of sp³-hybridized carbons (Fsp3) is 0.263. The van der Waals surface area contributed by atoms with Gasteiger partial charge < -0.3 is 14.8 Å². The van der Waals surface area contributed by atoms with Gasteiger partial charge in [-0.05, 0) is 30.2 Å². The molecule has 3 aromatic rings. The third-order valence-electron chi connectivity index (χ3n) is 3.63. The summed E-state index contributed by atoms with van der Waals surface area (Å²) in [6, 6.07) is 18.7. The molecule has 0 aliphatic rings. The molecular weight excluding hydrogens is 274 g/mol. The number of aliphatic hydroxyl groups is 1. The molecule has 0 saturated carbocycles. The van der Waals surface area contributed by atoms with E-state index in [-0.39, 0.29) is 6.10 Å². The molecule has 0 aliphatic carbocycles. The molecule has 1 aromatic heterocycles. The van der Waals surface area contributed by atoms with E-state index in [0.29, 0.717) is 6.54 Å². The van der Waals surface area contributed by atoms with E-state index in [1.807, 2.05) is 18.2 Å². The first-order valence-electron chi connectivity index (χ1n) is 7.65. The molecule has 3 nitrogen and oxygen atoms in total. The highest BCUT2D eigenvalue weighted by molar-refractivity contribution is 5.78. The molecule has 0 amide bonds. The summed E-state index contributed by atoms with van der Waals surface area (Å²) in [6.45, 7) is 3.10. The van der Waals surface area contributed by atoms with Gasteiger partial charge in [0.1, 0.15) is 11.3 Å². The molecule has 1 heterocycles. The number of hydrogen-bond acceptors (Lipinski definition) is 3. The van der Waals surface area contributed by atoms with Crippen LogP contribution >= 0.6 is 0 Å². The SMILES string of the molecule is CC(O)CNCc1ccc2cc(Cc3ccccc3)oc2c1. The smallest absolute Gasteiger partial charge is 0.134 e. The van der Waals surface area contributed by atoms with E-state index in [1.54, 1.807) is 6.92 Å². The molecule has 3 heteroatoms. The van der Waals surface area contributed by atoms with Crippen LogP contribution in [0.2, 0.25) is 0 Å². The molecule has 0 bridgehead atoms. The molecule has 1 unspecified atom stereocenters. The molecule has 0 fully saturated rings. The Morgan fingerprint density at radius 2 is 1.86 bits per heavy atom. The second-order valence-corrected chi connectivity index (χ2v) is 5.73. The van der Waals surface area contributed by atoms with Gasteiger partial charge in [0, 0.05) is 24.9 Å². The van der Waals surface area contributed by atoms with Crippen LogP contribution in [0.5, 0.6) is 0 Å². The van der Waals surface area contributed by atoms with Gasteiger partial charge in [-0.1, -0.05) is 42.5 Å². The summed E-state index contributed by atoms with van der Waals surface area (Å²) in [4.78, 5) is 0. The highest BCUT2D eigenvalue weighted by Crippen LogP contribution is 2.22. The minimum absolute atomic E-state index is 0.329. The minimum atomic E-state index is -0.329. The van der Waals surface area contributed by atoms with Crippen LogP contribution in [-0.4, -0.2) is 17.8 Å². The van der Waals surface area contributed by atoms with Crippen LogP contribution in [0, 0.1) is 0 Å². The number of aliphatic hydroxyl groups excluding tert-OH is 1. The maximum Gasteiger partial charge on any atom is 0.134 e. The number of rotatable bonds is 6. The number of benzene rings is 2. The molecule has 0 radical (unpaired) electrons. The Labute approximate surface area is 130 Å². The van der Waals surface area contributed by atoms with Crippen molar-refractivity contribution in [3.63, 3.8) is 0 Å². The quantitative estimate of drug-likeness (QED) is 0.731. The zero-order valence-electron chi connectivity index (χ0n) is 12.8. The third kappa shape index (κ3) is 3.75. The van der Waals surface area contributed by atoms with Gasteiger partial charge in [0.15, 0.2) is 0 Å². The maximum absolute atomic E-state index is 9.26. The van der Waals surface area contributed by atoms with Crippen molar-refractivity contribution in [1.82, 2.24) is 5.32 Å². The Morgan fingerprint density at radius 1 is 1.05 bits per heavy atom.